The molecule has 1 aliphatic heterocycles. The molecule has 0 atom stereocenters. The zero-order valence-corrected chi connectivity index (χ0v) is 12.7. The van der Waals surface area contributed by atoms with E-state index in [0.29, 0.717) is 28.7 Å². The van der Waals surface area contributed by atoms with E-state index in [2.05, 4.69) is 25.0 Å². The minimum Gasteiger partial charge on any atom is -0.467 e. The SMILES string of the molecule is COc1ncc(Cl)c(N2CCC(c3noc(C)n3)CC2)n1. The first-order chi connectivity index (χ1) is 10.2. The molecule has 3 rings (SSSR count). The number of piperidine rings is 1. The molecule has 2 aromatic rings. The number of nitrogens with zero attached hydrogens (tertiary/aromatic N) is 5. The number of aryl methyl sites for hydroxylation is 1. The molecule has 1 fully saturated rings. The Balaban J connectivity index is 1.71. The molecule has 0 unspecified atom stereocenters. The Labute approximate surface area is 127 Å². The Morgan fingerprint density at radius 1 is 1.33 bits per heavy atom. The van der Waals surface area contributed by atoms with E-state index in [4.69, 9.17) is 20.9 Å². The second-order valence-corrected chi connectivity index (χ2v) is 5.37. The normalized spacial score (nSPS) is 16.2. The van der Waals surface area contributed by atoms with E-state index in [9.17, 15) is 0 Å². The third-order valence-electron chi connectivity index (χ3n) is 3.59. The predicted octanol–water partition coefficient (Wildman–Crippen LogP) is 2.21. The number of methoxy groups -OCH3 is 1. The van der Waals surface area contributed by atoms with Gasteiger partial charge < -0.3 is 14.2 Å². The van der Waals surface area contributed by atoms with Crippen molar-refractivity contribution in [2.75, 3.05) is 25.1 Å². The molecule has 1 aliphatic rings. The van der Waals surface area contributed by atoms with E-state index in [-0.39, 0.29) is 0 Å². The van der Waals surface area contributed by atoms with Gasteiger partial charge in [0.2, 0.25) is 5.89 Å². The summed E-state index contributed by atoms with van der Waals surface area (Å²) >= 11 is 6.18. The average molecular weight is 310 g/mol. The molecule has 112 valence electrons. The summed E-state index contributed by atoms with van der Waals surface area (Å²) in [5, 5.41) is 4.54. The van der Waals surface area contributed by atoms with Crippen molar-refractivity contribution in [3.05, 3.63) is 22.9 Å². The van der Waals surface area contributed by atoms with Crippen molar-refractivity contribution in [3.8, 4) is 6.01 Å². The molecule has 2 aromatic heterocycles. The molecule has 0 N–H and O–H groups in total. The third kappa shape index (κ3) is 2.92. The van der Waals surface area contributed by atoms with Crippen molar-refractivity contribution in [2.45, 2.75) is 25.7 Å². The Morgan fingerprint density at radius 3 is 2.71 bits per heavy atom. The Hall–Kier alpha value is -1.89. The lowest BCUT2D eigenvalue weighted by Gasteiger charge is -2.31. The average Bonchev–Trinajstić information content (AvgIpc) is 2.95. The van der Waals surface area contributed by atoms with E-state index < -0.39 is 0 Å². The zero-order chi connectivity index (χ0) is 14.8. The first-order valence-electron chi connectivity index (χ1n) is 6.79. The minimum absolute atomic E-state index is 0.321. The van der Waals surface area contributed by atoms with Gasteiger partial charge in [-0.15, -0.1) is 0 Å². The lowest BCUT2D eigenvalue weighted by molar-refractivity contribution is 0.373. The highest BCUT2D eigenvalue weighted by Gasteiger charge is 2.26. The summed E-state index contributed by atoms with van der Waals surface area (Å²) in [5.41, 5.74) is 0. The fraction of sp³-hybridized carbons (Fsp3) is 0.538. The van der Waals surface area contributed by atoms with Gasteiger partial charge >= 0.3 is 6.01 Å². The lowest BCUT2D eigenvalue weighted by Crippen LogP contribution is -2.34. The molecule has 0 bridgehead atoms. The van der Waals surface area contributed by atoms with Crippen molar-refractivity contribution in [1.29, 1.82) is 0 Å². The maximum absolute atomic E-state index is 6.18. The van der Waals surface area contributed by atoms with Crippen LogP contribution >= 0.6 is 11.6 Å². The number of ether oxygens (including phenoxy) is 1. The van der Waals surface area contributed by atoms with Gasteiger partial charge in [0, 0.05) is 25.9 Å². The van der Waals surface area contributed by atoms with E-state index in [1.807, 2.05) is 0 Å². The first-order valence-corrected chi connectivity index (χ1v) is 7.17. The lowest BCUT2D eigenvalue weighted by atomic mass is 9.96. The van der Waals surface area contributed by atoms with Gasteiger partial charge in [0.05, 0.1) is 13.3 Å². The number of hydrogen-bond acceptors (Lipinski definition) is 7. The Bertz CT molecular complexity index is 625. The molecular weight excluding hydrogens is 294 g/mol. The summed E-state index contributed by atoms with van der Waals surface area (Å²) in [4.78, 5) is 14.8. The number of rotatable bonds is 3. The van der Waals surface area contributed by atoms with Crippen LogP contribution in [0, 0.1) is 6.92 Å². The van der Waals surface area contributed by atoms with Gasteiger partial charge in [-0.3, -0.25) is 0 Å². The van der Waals surface area contributed by atoms with Crippen LogP contribution in [0.2, 0.25) is 5.02 Å². The van der Waals surface area contributed by atoms with Gasteiger partial charge in [0.15, 0.2) is 11.6 Å². The minimum atomic E-state index is 0.321. The third-order valence-corrected chi connectivity index (χ3v) is 3.86. The molecule has 0 aliphatic carbocycles. The smallest absolute Gasteiger partial charge is 0.318 e. The van der Waals surface area contributed by atoms with Crippen molar-refractivity contribution in [3.63, 3.8) is 0 Å². The molecule has 21 heavy (non-hydrogen) atoms. The Morgan fingerprint density at radius 2 is 2.10 bits per heavy atom. The summed E-state index contributed by atoms with van der Waals surface area (Å²) in [7, 11) is 1.54. The van der Waals surface area contributed by atoms with E-state index >= 15 is 0 Å². The van der Waals surface area contributed by atoms with Crippen LogP contribution in [-0.4, -0.2) is 40.3 Å². The first kappa shape index (κ1) is 14.1. The van der Waals surface area contributed by atoms with E-state index in [0.717, 1.165) is 31.8 Å². The van der Waals surface area contributed by atoms with Crippen molar-refractivity contribution in [2.24, 2.45) is 0 Å². The second-order valence-electron chi connectivity index (χ2n) is 4.96. The number of anilines is 1. The molecule has 3 heterocycles. The largest absolute Gasteiger partial charge is 0.467 e. The van der Waals surface area contributed by atoms with Gasteiger partial charge in [-0.1, -0.05) is 16.8 Å². The Kier molecular flexibility index (Phi) is 3.92. The predicted molar refractivity (Wildman–Crippen MR) is 76.8 cm³/mol. The van der Waals surface area contributed by atoms with Crippen LogP contribution in [0.25, 0.3) is 0 Å². The molecule has 0 amide bonds. The van der Waals surface area contributed by atoms with Gasteiger partial charge in [0.25, 0.3) is 0 Å². The molecule has 0 spiro atoms. The van der Waals surface area contributed by atoms with Gasteiger partial charge in [0.1, 0.15) is 5.02 Å². The van der Waals surface area contributed by atoms with Crippen molar-refractivity contribution >= 4 is 17.4 Å². The van der Waals surface area contributed by atoms with Crippen LogP contribution in [0.1, 0.15) is 30.5 Å². The standard InChI is InChI=1S/C13H16ClN5O2/c1-8-16-11(18-21-8)9-3-5-19(6-4-9)12-10(14)7-15-13(17-12)20-2/h7,9H,3-6H2,1-2H3. The molecule has 0 radical (unpaired) electrons. The molecule has 8 heteroatoms. The van der Waals surface area contributed by atoms with E-state index in [1.54, 1.807) is 13.1 Å². The number of halogens is 1. The van der Waals surface area contributed by atoms with Gasteiger partial charge in [-0.2, -0.15) is 9.97 Å². The van der Waals surface area contributed by atoms with Gasteiger partial charge in [-0.25, -0.2) is 4.98 Å². The zero-order valence-electron chi connectivity index (χ0n) is 11.9. The highest BCUT2D eigenvalue weighted by atomic mass is 35.5. The molecule has 1 saturated heterocycles. The molecule has 0 aromatic carbocycles. The topological polar surface area (TPSA) is 77.2 Å². The molecule has 7 nitrogen and oxygen atoms in total. The van der Waals surface area contributed by atoms with Crippen LogP contribution < -0.4 is 9.64 Å². The van der Waals surface area contributed by atoms with Crippen LogP contribution in [0.4, 0.5) is 5.82 Å². The van der Waals surface area contributed by atoms with Crippen molar-refractivity contribution < 1.29 is 9.26 Å². The monoisotopic (exact) mass is 309 g/mol. The summed E-state index contributed by atoms with van der Waals surface area (Å²) < 4.78 is 10.1. The summed E-state index contributed by atoms with van der Waals surface area (Å²) in [6.07, 6.45) is 3.43. The highest BCUT2D eigenvalue weighted by molar-refractivity contribution is 6.32. The fourth-order valence-corrected chi connectivity index (χ4v) is 2.70. The van der Waals surface area contributed by atoms with Crippen LogP contribution in [-0.2, 0) is 0 Å². The highest BCUT2D eigenvalue weighted by Crippen LogP contribution is 2.31. The van der Waals surface area contributed by atoms with Crippen LogP contribution in [0.15, 0.2) is 10.7 Å². The summed E-state index contributed by atoms with van der Waals surface area (Å²) in [5.74, 6) is 2.43. The number of aromatic nitrogens is 4. The quantitative estimate of drug-likeness (QED) is 0.860. The van der Waals surface area contributed by atoms with Crippen LogP contribution in [0.3, 0.4) is 0 Å². The number of hydrogen-bond donors (Lipinski definition) is 0. The second kappa shape index (κ2) is 5.85. The summed E-state index contributed by atoms with van der Waals surface area (Å²) in [6, 6.07) is 0.324. The fourth-order valence-electron chi connectivity index (χ4n) is 2.49. The van der Waals surface area contributed by atoms with E-state index in [1.165, 1.54) is 7.11 Å². The van der Waals surface area contributed by atoms with Crippen LogP contribution in [0.5, 0.6) is 6.01 Å². The maximum Gasteiger partial charge on any atom is 0.318 e. The molecule has 0 saturated carbocycles. The van der Waals surface area contributed by atoms with Crippen molar-refractivity contribution in [1.82, 2.24) is 20.1 Å². The maximum atomic E-state index is 6.18. The van der Waals surface area contributed by atoms with Gasteiger partial charge in [-0.05, 0) is 12.8 Å². The molecular formula is C13H16ClN5O2. The summed E-state index contributed by atoms with van der Waals surface area (Å²) in [6.45, 7) is 3.47.